The van der Waals surface area contributed by atoms with Crippen LogP contribution in [0.3, 0.4) is 0 Å². The van der Waals surface area contributed by atoms with E-state index in [1.165, 1.54) is 0 Å². The first-order valence-corrected chi connectivity index (χ1v) is 7.56. The largest absolute Gasteiger partial charge is 0.376 e. The van der Waals surface area contributed by atoms with Gasteiger partial charge in [0.25, 0.3) is 0 Å². The molecule has 0 aliphatic carbocycles. The Bertz CT molecular complexity index is 768. The molecule has 0 aliphatic heterocycles. The number of halogens is 1. The van der Waals surface area contributed by atoms with Crippen molar-refractivity contribution in [2.45, 2.75) is 26.8 Å². The van der Waals surface area contributed by atoms with Gasteiger partial charge in [0.05, 0.1) is 17.9 Å². The van der Waals surface area contributed by atoms with E-state index in [2.05, 4.69) is 39.4 Å². The lowest BCUT2D eigenvalue weighted by Gasteiger charge is -2.08. The smallest absolute Gasteiger partial charge is 0.201 e. The minimum Gasteiger partial charge on any atom is -0.376 e. The summed E-state index contributed by atoms with van der Waals surface area (Å²) in [5.41, 5.74) is 2.42. The van der Waals surface area contributed by atoms with Crippen LogP contribution in [0.2, 0.25) is 5.15 Å². The van der Waals surface area contributed by atoms with Crippen LogP contribution in [0.4, 0.5) is 5.69 Å². The Kier molecular flexibility index (Phi) is 4.20. The Morgan fingerprint density at radius 3 is 2.86 bits per heavy atom. The zero-order valence-electron chi connectivity index (χ0n) is 12.5. The highest BCUT2D eigenvalue weighted by Crippen LogP contribution is 2.20. The molecule has 6 nitrogen and oxygen atoms in total. The number of rotatable bonds is 5. The Labute approximate surface area is 133 Å². The third kappa shape index (κ3) is 3.17. The molecule has 3 aromatic rings. The van der Waals surface area contributed by atoms with E-state index in [0.29, 0.717) is 23.3 Å². The van der Waals surface area contributed by atoms with Crippen molar-refractivity contribution in [1.82, 2.24) is 24.8 Å². The number of anilines is 1. The number of nitrogens with zero attached hydrogens (tertiary/aromatic N) is 5. The van der Waals surface area contributed by atoms with E-state index in [9.17, 15) is 0 Å². The molecule has 0 unspecified atom stereocenters. The van der Waals surface area contributed by atoms with Gasteiger partial charge in [-0.1, -0.05) is 31.5 Å². The third-order valence-electron chi connectivity index (χ3n) is 3.18. The van der Waals surface area contributed by atoms with Crippen LogP contribution in [0, 0.1) is 5.92 Å². The Morgan fingerprint density at radius 2 is 2.14 bits per heavy atom. The lowest BCUT2D eigenvalue weighted by Crippen LogP contribution is -2.07. The summed E-state index contributed by atoms with van der Waals surface area (Å²) in [7, 11) is 0. The van der Waals surface area contributed by atoms with Gasteiger partial charge in [-0.2, -0.15) is 9.61 Å². The van der Waals surface area contributed by atoms with Crippen LogP contribution in [0.15, 0.2) is 30.5 Å². The summed E-state index contributed by atoms with van der Waals surface area (Å²) in [6.07, 6.45) is 2.57. The minimum absolute atomic E-state index is 0.404. The summed E-state index contributed by atoms with van der Waals surface area (Å²) in [4.78, 5) is 4.29. The van der Waals surface area contributed by atoms with Gasteiger partial charge in [0.15, 0.2) is 11.0 Å². The maximum absolute atomic E-state index is 6.13. The van der Waals surface area contributed by atoms with E-state index in [4.69, 9.17) is 11.6 Å². The Morgan fingerprint density at radius 1 is 1.27 bits per heavy atom. The maximum Gasteiger partial charge on any atom is 0.201 e. The normalized spacial score (nSPS) is 11.3. The summed E-state index contributed by atoms with van der Waals surface area (Å²) >= 11 is 6.13. The number of aromatic nitrogens is 5. The zero-order valence-corrected chi connectivity index (χ0v) is 13.2. The van der Waals surface area contributed by atoms with Crippen molar-refractivity contribution in [3.8, 4) is 0 Å². The molecule has 0 bridgehead atoms. The molecule has 3 heterocycles. The lowest BCUT2D eigenvalue weighted by molar-refractivity contribution is 0.606. The maximum atomic E-state index is 6.13. The predicted molar refractivity (Wildman–Crippen MR) is 85.9 cm³/mol. The van der Waals surface area contributed by atoms with Crippen molar-refractivity contribution in [3.05, 3.63) is 47.1 Å². The topological polar surface area (TPSA) is 68.0 Å². The van der Waals surface area contributed by atoms with E-state index in [1.54, 1.807) is 16.8 Å². The highest BCUT2D eigenvalue weighted by atomic mass is 35.5. The molecule has 0 aromatic carbocycles. The van der Waals surface area contributed by atoms with Gasteiger partial charge in [0, 0.05) is 18.7 Å². The van der Waals surface area contributed by atoms with Crippen molar-refractivity contribution in [1.29, 1.82) is 0 Å². The number of hydrogen-bond donors (Lipinski definition) is 1. The number of fused-ring (bicyclic) bond motifs is 1. The number of pyridine rings is 1. The monoisotopic (exact) mass is 316 g/mol. The zero-order chi connectivity index (χ0) is 15.5. The van der Waals surface area contributed by atoms with Gasteiger partial charge in [-0.25, -0.2) is 0 Å². The van der Waals surface area contributed by atoms with Crippen molar-refractivity contribution in [2.24, 2.45) is 5.92 Å². The molecular weight excluding hydrogens is 300 g/mol. The van der Waals surface area contributed by atoms with E-state index in [-0.39, 0.29) is 0 Å². The van der Waals surface area contributed by atoms with Crippen LogP contribution >= 0.6 is 11.6 Å². The van der Waals surface area contributed by atoms with Crippen LogP contribution in [0.25, 0.3) is 5.65 Å². The molecule has 0 saturated carbocycles. The quantitative estimate of drug-likeness (QED) is 0.783. The van der Waals surface area contributed by atoms with Crippen LogP contribution < -0.4 is 5.32 Å². The average Bonchev–Trinajstić information content (AvgIpc) is 2.88. The fraction of sp³-hybridized carbons (Fsp3) is 0.333. The van der Waals surface area contributed by atoms with E-state index < -0.39 is 0 Å². The highest BCUT2D eigenvalue weighted by Gasteiger charge is 2.13. The third-order valence-corrected chi connectivity index (χ3v) is 3.37. The molecule has 0 spiro atoms. The molecule has 114 valence electrons. The van der Waals surface area contributed by atoms with Crippen molar-refractivity contribution >= 4 is 22.9 Å². The second-order valence-electron chi connectivity index (χ2n) is 5.50. The molecule has 0 radical (unpaired) electrons. The molecule has 0 atom stereocenters. The standard InChI is InChI=1S/C15H17ClN6/c1-10(2)7-14-19-20-15-12(8-13(16)21-22(14)15)18-9-11-5-3-4-6-17-11/h3-6,8,10,18H,7,9H2,1-2H3. The molecule has 3 aromatic heterocycles. The van der Waals surface area contributed by atoms with Crippen molar-refractivity contribution in [3.63, 3.8) is 0 Å². The Hall–Kier alpha value is -2.21. The minimum atomic E-state index is 0.404. The van der Waals surface area contributed by atoms with Crippen molar-refractivity contribution in [2.75, 3.05) is 5.32 Å². The molecule has 0 amide bonds. The fourth-order valence-corrected chi connectivity index (χ4v) is 2.39. The highest BCUT2D eigenvalue weighted by molar-refractivity contribution is 6.29. The fourth-order valence-electron chi connectivity index (χ4n) is 2.20. The van der Waals surface area contributed by atoms with Gasteiger partial charge in [0.1, 0.15) is 0 Å². The molecule has 7 heteroatoms. The van der Waals surface area contributed by atoms with Gasteiger partial charge in [-0.15, -0.1) is 10.2 Å². The summed E-state index contributed by atoms with van der Waals surface area (Å²) in [6, 6.07) is 7.56. The second-order valence-corrected chi connectivity index (χ2v) is 5.89. The summed E-state index contributed by atoms with van der Waals surface area (Å²) in [5, 5.41) is 16.5. The van der Waals surface area contributed by atoms with Crippen molar-refractivity contribution < 1.29 is 0 Å². The van der Waals surface area contributed by atoms with Gasteiger partial charge in [0.2, 0.25) is 5.65 Å². The molecular formula is C15H17ClN6. The van der Waals surface area contributed by atoms with Gasteiger partial charge >= 0.3 is 0 Å². The summed E-state index contributed by atoms with van der Waals surface area (Å²) < 4.78 is 1.71. The Balaban J connectivity index is 1.90. The summed E-state index contributed by atoms with van der Waals surface area (Å²) in [6.45, 7) is 4.85. The van der Waals surface area contributed by atoms with Crippen LogP contribution in [-0.2, 0) is 13.0 Å². The molecule has 22 heavy (non-hydrogen) atoms. The number of nitrogens with one attached hydrogen (secondary N) is 1. The van der Waals surface area contributed by atoms with Gasteiger partial charge < -0.3 is 5.32 Å². The first kappa shape index (κ1) is 14.7. The predicted octanol–water partition coefficient (Wildman–Crippen LogP) is 2.98. The van der Waals surface area contributed by atoms with E-state index in [1.807, 2.05) is 18.2 Å². The molecule has 0 aliphatic rings. The first-order chi connectivity index (χ1) is 10.6. The van der Waals surface area contributed by atoms with Gasteiger partial charge in [-0.3, -0.25) is 4.98 Å². The lowest BCUT2D eigenvalue weighted by atomic mass is 10.1. The van der Waals surface area contributed by atoms with Gasteiger partial charge in [-0.05, 0) is 18.1 Å². The van der Waals surface area contributed by atoms with Crippen LogP contribution in [0.5, 0.6) is 0 Å². The van der Waals surface area contributed by atoms with E-state index in [0.717, 1.165) is 23.6 Å². The van der Waals surface area contributed by atoms with E-state index >= 15 is 0 Å². The molecule has 1 N–H and O–H groups in total. The molecule has 3 rings (SSSR count). The van der Waals surface area contributed by atoms with Crippen LogP contribution in [-0.4, -0.2) is 24.8 Å². The number of hydrogen-bond acceptors (Lipinski definition) is 5. The second kappa shape index (κ2) is 6.27. The average molecular weight is 317 g/mol. The van der Waals surface area contributed by atoms with Crippen LogP contribution in [0.1, 0.15) is 25.4 Å². The molecule has 0 fully saturated rings. The summed E-state index contributed by atoms with van der Waals surface area (Å²) in [5.74, 6) is 1.28. The molecule has 0 saturated heterocycles. The first-order valence-electron chi connectivity index (χ1n) is 7.18. The SMILES string of the molecule is CC(C)Cc1nnc2c(NCc3ccccn3)cc(Cl)nn12.